The fourth-order valence-electron chi connectivity index (χ4n) is 2.09. The molecule has 2 aromatic rings. The maximum Gasteiger partial charge on any atom is 0.195 e. The van der Waals surface area contributed by atoms with Gasteiger partial charge in [-0.25, -0.2) is 0 Å². The van der Waals surface area contributed by atoms with Crippen molar-refractivity contribution in [3.63, 3.8) is 0 Å². The van der Waals surface area contributed by atoms with Gasteiger partial charge >= 0.3 is 0 Å². The minimum atomic E-state index is -2.55. The smallest absolute Gasteiger partial charge is 0.195 e. The van der Waals surface area contributed by atoms with E-state index in [1.807, 2.05) is 60.7 Å². The lowest BCUT2D eigenvalue weighted by atomic mass is 10.3. The van der Waals surface area contributed by atoms with Gasteiger partial charge in [0.15, 0.2) is 6.34 Å². The van der Waals surface area contributed by atoms with Gasteiger partial charge in [-0.2, -0.15) is 0 Å². The highest BCUT2D eigenvalue weighted by Crippen LogP contribution is 2.56. The first-order valence-electron chi connectivity index (χ1n) is 7.13. The van der Waals surface area contributed by atoms with Crippen molar-refractivity contribution in [3.8, 4) is 0 Å². The Hall–Kier alpha value is -0.980. The third-order valence-electron chi connectivity index (χ3n) is 3.21. The molecule has 0 spiro atoms. The number of benzene rings is 2. The molecule has 0 unspecified atom stereocenters. The SMILES string of the molecule is CCCCCSP(=O)(c1ccccc1)c1ccccc1. The summed E-state index contributed by atoms with van der Waals surface area (Å²) in [5.74, 6) is 0.953. The highest BCUT2D eigenvalue weighted by atomic mass is 32.7. The van der Waals surface area contributed by atoms with Crippen LogP contribution in [0.2, 0.25) is 0 Å². The van der Waals surface area contributed by atoms with Crippen molar-refractivity contribution in [3.05, 3.63) is 60.7 Å². The van der Waals surface area contributed by atoms with E-state index in [9.17, 15) is 4.57 Å². The molecule has 0 aliphatic rings. The van der Waals surface area contributed by atoms with E-state index in [1.54, 1.807) is 11.4 Å². The Labute approximate surface area is 125 Å². The molecule has 0 N–H and O–H groups in total. The summed E-state index contributed by atoms with van der Waals surface area (Å²) in [5.41, 5.74) is 0. The molecule has 0 bridgehead atoms. The topological polar surface area (TPSA) is 17.1 Å². The van der Waals surface area contributed by atoms with Gasteiger partial charge in [-0.1, -0.05) is 91.8 Å². The quantitative estimate of drug-likeness (QED) is 0.538. The van der Waals surface area contributed by atoms with Crippen LogP contribution >= 0.6 is 17.7 Å². The van der Waals surface area contributed by atoms with Crippen molar-refractivity contribution >= 4 is 28.3 Å². The average molecular weight is 304 g/mol. The molecule has 0 atom stereocenters. The van der Waals surface area contributed by atoms with Gasteiger partial charge in [-0.3, -0.25) is 0 Å². The third-order valence-corrected chi connectivity index (χ3v) is 8.91. The van der Waals surface area contributed by atoms with Crippen LogP contribution < -0.4 is 10.6 Å². The molecule has 0 fully saturated rings. The minimum absolute atomic E-state index is 0.952. The Morgan fingerprint density at radius 1 is 0.850 bits per heavy atom. The van der Waals surface area contributed by atoms with Crippen LogP contribution in [0, 0.1) is 0 Å². The molecule has 106 valence electrons. The summed E-state index contributed by atoms with van der Waals surface area (Å²) in [6.45, 7) is 2.19. The van der Waals surface area contributed by atoms with Crippen LogP contribution in [-0.2, 0) is 4.57 Å². The monoisotopic (exact) mass is 304 g/mol. The molecule has 1 nitrogen and oxygen atoms in total. The Morgan fingerprint density at radius 3 is 1.80 bits per heavy atom. The van der Waals surface area contributed by atoms with Crippen molar-refractivity contribution in [2.24, 2.45) is 0 Å². The summed E-state index contributed by atoms with van der Waals surface area (Å²) in [5, 5.41) is 1.90. The largest absolute Gasteiger partial charge is 0.302 e. The fourth-order valence-corrected chi connectivity index (χ4v) is 7.19. The first kappa shape index (κ1) is 15.4. The van der Waals surface area contributed by atoms with Crippen LogP contribution in [0.1, 0.15) is 26.2 Å². The molecule has 0 aliphatic heterocycles. The predicted octanol–water partition coefficient (Wildman–Crippen LogP) is 4.84. The fraction of sp³-hybridized carbons (Fsp3) is 0.294. The number of unbranched alkanes of at least 4 members (excludes halogenated alkanes) is 2. The summed E-state index contributed by atoms with van der Waals surface area (Å²) in [6, 6.07) is 19.8. The molecule has 3 heteroatoms. The average Bonchev–Trinajstić information content (AvgIpc) is 2.53. The second-order valence-electron chi connectivity index (χ2n) is 4.76. The van der Waals surface area contributed by atoms with Crippen molar-refractivity contribution in [2.75, 3.05) is 5.75 Å². The van der Waals surface area contributed by atoms with Crippen molar-refractivity contribution in [1.82, 2.24) is 0 Å². The zero-order valence-corrected chi connectivity index (χ0v) is 13.6. The number of rotatable bonds is 7. The molecule has 0 heterocycles. The van der Waals surface area contributed by atoms with E-state index in [1.165, 1.54) is 12.8 Å². The van der Waals surface area contributed by atoms with Crippen LogP contribution in [0.15, 0.2) is 60.7 Å². The van der Waals surface area contributed by atoms with Gasteiger partial charge in [0, 0.05) is 16.4 Å². The molecule has 0 amide bonds. The van der Waals surface area contributed by atoms with Crippen molar-refractivity contribution in [1.29, 1.82) is 0 Å². The normalized spacial score (nSPS) is 11.4. The molecular weight excluding hydrogens is 283 g/mol. The number of hydrogen-bond donors (Lipinski definition) is 0. The summed E-state index contributed by atoms with van der Waals surface area (Å²) in [7, 11) is 0. The van der Waals surface area contributed by atoms with Crippen LogP contribution in [0.3, 0.4) is 0 Å². The van der Waals surface area contributed by atoms with Crippen molar-refractivity contribution < 1.29 is 4.57 Å². The predicted molar refractivity (Wildman–Crippen MR) is 91.7 cm³/mol. The third kappa shape index (κ3) is 3.77. The maximum atomic E-state index is 13.5. The lowest BCUT2D eigenvalue weighted by Crippen LogP contribution is -2.13. The van der Waals surface area contributed by atoms with Crippen LogP contribution in [0.5, 0.6) is 0 Å². The van der Waals surface area contributed by atoms with Gasteiger partial charge in [0.2, 0.25) is 0 Å². The van der Waals surface area contributed by atoms with E-state index in [-0.39, 0.29) is 0 Å². The highest BCUT2D eigenvalue weighted by molar-refractivity contribution is 8.62. The van der Waals surface area contributed by atoms with Crippen molar-refractivity contribution in [2.45, 2.75) is 26.2 Å². The Bertz CT molecular complexity index is 510. The Morgan fingerprint density at radius 2 is 1.35 bits per heavy atom. The second kappa shape index (κ2) is 7.71. The standard InChI is InChI=1S/C17H21OPS/c1-2-3-10-15-20-19(18,16-11-6-4-7-12-16)17-13-8-5-9-14-17/h4-9,11-14H,2-3,10,15H2,1H3. The van der Waals surface area contributed by atoms with E-state index in [2.05, 4.69) is 6.92 Å². The number of hydrogen-bond acceptors (Lipinski definition) is 2. The molecule has 0 aromatic heterocycles. The van der Waals surface area contributed by atoms with Crippen LogP contribution in [0.4, 0.5) is 0 Å². The van der Waals surface area contributed by atoms with Crippen LogP contribution in [0.25, 0.3) is 0 Å². The molecule has 0 radical (unpaired) electrons. The van der Waals surface area contributed by atoms with Gasteiger partial charge in [0.05, 0.1) is 0 Å². The molecule has 0 aliphatic carbocycles. The molecule has 0 saturated carbocycles. The lowest BCUT2D eigenvalue weighted by Gasteiger charge is -2.18. The zero-order chi connectivity index (χ0) is 14.3. The first-order chi connectivity index (χ1) is 9.77. The van der Waals surface area contributed by atoms with Gasteiger partial charge in [-0.15, -0.1) is 0 Å². The van der Waals surface area contributed by atoms with E-state index in [0.717, 1.165) is 22.8 Å². The summed E-state index contributed by atoms with van der Waals surface area (Å²) >= 11 is 1.63. The van der Waals surface area contributed by atoms with Gasteiger partial charge in [0.25, 0.3) is 0 Å². The molecule has 0 saturated heterocycles. The summed E-state index contributed by atoms with van der Waals surface area (Å²) in [4.78, 5) is 0. The Balaban J connectivity index is 2.27. The molecular formula is C17H21OPS. The van der Waals surface area contributed by atoms with E-state index in [4.69, 9.17) is 0 Å². The summed E-state index contributed by atoms with van der Waals surface area (Å²) in [6.07, 6.45) is 0.983. The zero-order valence-electron chi connectivity index (χ0n) is 11.9. The molecule has 2 aromatic carbocycles. The Kier molecular flexibility index (Phi) is 5.94. The van der Waals surface area contributed by atoms with Gasteiger partial charge < -0.3 is 4.57 Å². The van der Waals surface area contributed by atoms with E-state index < -0.39 is 6.34 Å². The molecule has 2 rings (SSSR count). The highest BCUT2D eigenvalue weighted by Gasteiger charge is 2.27. The van der Waals surface area contributed by atoms with Crippen LogP contribution in [-0.4, -0.2) is 5.75 Å². The lowest BCUT2D eigenvalue weighted by molar-refractivity contribution is 0.595. The second-order valence-corrected chi connectivity index (χ2v) is 9.88. The van der Waals surface area contributed by atoms with E-state index >= 15 is 0 Å². The minimum Gasteiger partial charge on any atom is -0.302 e. The maximum absolute atomic E-state index is 13.5. The first-order valence-corrected chi connectivity index (χ1v) is 10.4. The summed E-state index contributed by atoms with van der Waals surface area (Å²) < 4.78 is 13.5. The van der Waals surface area contributed by atoms with Gasteiger partial charge in [0.1, 0.15) is 0 Å². The van der Waals surface area contributed by atoms with E-state index in [0.29, 0.717) is 0 Å². The molecule has 20 heavy (non-hydrogen) atoms. The van der Waals surface area contributed by atoms with Gasteiger partial charge in [-0.05, 0) is 6.42 Å².